The van der Waals surface area contributed by atoms with E-state index in [0.29, 0.717) is 6.42 Å². The van der Waals surface area contributed by atoms with E-state index < -0.39 is 74.5 Å². The van der Waals surface area contributed by atoms with Gasteiger partial charge in [0.25, 0.3) is 10.1 Å². The van der Waals surface area contributed by atoms with E-state index in [1.165, 1.54) is 0 Å². The van der Waals surface area contributed by atoms with Crippen LogP contribution in [0.3, 0.4) is 0 Å². The van der Waals surface area contributed by atoms with Crippen LogP contribution >= 0.6 is 0 Å². The van der Waals surface area contributed by atoms with Gasteiger partial charge in [-0.1, -0.05) is 44.0 Å². The Morgan fingerprint density at radius 3 is 1.56 bits per heavy atom. The Hall–Kier alpha value is -2.11. The number of hydrogen-bond donors (Lipinski definition) is 1. The molecule has 0 amide bonds. The van der Waals surface area contributed by atoms with Crippen molar-refractivity contribution in [2.45, 2.75) is 67.2 Å². The molecule has 0 aromatic heterocycles. The number of unbranched alkanes of at least 4 members (excludes halogenated alkanes) is 1. The van der Waals surface area contributed by atoms with Crippen LogP contribution < -0.4 is 0 Å². The lowest BCUT2D eigenvalue weighted by molar-refractivity contribution is -0.441. The van der Waals surface area contributed by atoms with Gasteiger partial charge in [0.1, 0.15) is 5.25 Å². The molecule has 1 atom stereocenters. The molecule has 0 heterocycles. The molecule has 1 aromatic carbocycles. The lowest BCUT2D eigenvalue weighted by atomic mass is 9.90. The Balaban J connectivity index is 3.49. The zero-order valence-electron chi connectivity index (χ0n) is 17.5. The maximum absolute atomic E-state index is 14.2. The van der Waals surface area contributed by atoms with Crippen molar-refractivity contribution in [3.8, 4) is 0 Å². The molecule has 0 aliphatic carbocycles. The first kappa shape index (κ1) is 31.9. The molecule has 0 spiro atoms. The smallest absolute Gasteiger partial charge is 0.293 e. The Labute approximate surface area is 194 Å². The summed E-state index contributed by atoms with van der Waals surface area (Å²) in [7, 11) is -5.07. The Morgan fingerprint density at radius 2 is 1.19 bits per heavy atom. The molecule has 1 N–H and O–H groups in total. The van der Waals surface area contributed by atoms with Crippen molar-refractivity contribution in [2.24, 2.45) is 0 Å². The van der Waals surface area contributed by atoms with Gasteiger partial charge in [-0.3, -0.25) is 9.35 Å². The zero-order chi connectivity index (χ0) is 28.8. The second-order valence-electron chi connectivity index (χ2n) is 7.46. The van der Waals surface area contributed by atoms with Gasteiger partial charge in [-0.25, -0.2) is 0 Å². The summed E-state index contributed by atoms with van der Waals surface area (Å²) in [4.78, 5) is 12.3. The van der Waals surface area contributed by atoms with Gasteiger partial charge in [0, 0.05) is 11.1 Å². The van der Waals surface area contributed by atoms with E-state index in [-0.39, 0.29) is 30.7 Å². The second-order valence-corrected chi connectivity index (χ2v) is 9.06. The normalized spacial score (nSPS) is 15.6. The average molecular weight is 574 g/mol. The van der Waals surface area contributed by atoms with Crippen LogP contribution in [-0.2, 0) is 16.0 Å². The predicted octanol–water partition coefficient (Wildman–Crippen LogP) is 6.51. The van der Waals surface area contributed by atoms with Gasteiger partial charge < -0.3 is 0 Å². The number of carbonyl (C=O) groups excluding carboxylic acids is 1. The monoisotopic (exact) mass is 574 g/mol. The number of halogens is 13. The van der Waals surface area contributed by atoms with Gasteiger partial charge >= 0.3 is 35.8 Å². The summed E-state index contributed by atoms with van der Waals surface area (Å²) in [6.07, 6.45) is -7.66. The summed E-state index contributed by atoms with van der Waals surface area (Å²) in [5.41, 5.74) is -3.19. The maximum atomic E-state index is 14.2. The first-order valence-corrected chi connectivity index (χ1v) is 10.9. The molecule has 1 unspecified atom stereocenters. The maximum Gasteiger partial charge on any atom is 0.460 e. The van der Waals surface area contributed by atoms with Gasteiger partial charge in [-0.2, -0.15) is 65.5 Å². The molecule has 1 rings (SSSR count). The number of benzene rings is 1. The first-order valence-electron chi connectivity index (χ1n) is 9.39. The molecule has 0 fully saturated rings. The van der Waals surface area contributed by atoms with Gasteiger partial charge in [0.2, 0.25) is 0 Å². The molecular formula is C18H15F13O4S. The lowest BCUT2D eigenvalue weighted by Crippen LogP contribution is -2.69. The number of alkyl halides is 13. The summed E-state index contributed by atoms with van der Waals surface area (Å²) < 4.78 is 204. The van der Waals surface area contributed by atoms with Crippen LogP contribution in [0.15, 0.2) is 24.3 Å². The van der Waals surface area contributed by atoms with Crippen LogP contribution in [0.5, 0.6) is 0 Å². The fourth-order valence-corrected chi connectivity index (χ4v) is 3.66. The third-order valence-corrected chi connectivity index (χ3v) is 6.11. The highest BCUT2D eigenvalue weighted by Crippen LogP contribution is 2.62. The van der Waals surface area contributed by atoms with E-state index in [4.69, 9.17) is 4.55 Å². The number of Topliss-reactive ketones (excluding diaryl/α,β-unsaturated/α-hetero) is 1. The molecule has 0 saturated heterocycles. The summed E-state index contributed by atoms with van der Waals surface area (Å²) in [6.45, 7) is 1.55. The van der Waals surface area contributed by atoms with E-state index >= 15 is 0 Å². The highest BCUT2D eigenvalue weighted by Gasteiger charge is 2.90. The van der Waals surface area contributed by atoms with Crippen LogP contribution in [0.2, 0.25) is 0 Å². The van der Waals surface area contributed by atoms with Crippen LogP contribution in [0.25, 0.3) is 0 Å². The number of carbonyl (C=O) groups is 1. The minimum atomic E-state index is -8.05. The third-order valence-electron chi connectivity index (χ3n) is 4.94. The highest BCUT2D eigenvalue weighted by molar-refractivity contribution is 7.87. The zero-order valence-corrected chi connectivity index (χ0v) is 18.3. The molecular weight excluding hydrogens is 559 g/mol. The molecule has 208 valence electrons. The molecule has 0 bridgehead atoms. The van der Waals surface area contributed by atoms with Crippen LogP contribution in [0, 0.1) is 0 Å². The topological polar surface area (TPSA) is 71.4 Å². The Morgan fingerprint density at radius 1 is 0.778 bits per heavy atom. The third kappa shape index (κ3) is 5.15. The van der Waals surface area contributed by atoms with Gasteiger partial charge in [-0.15, -0.1) is 0 Å². The molecule has 1 aromatic rings. The number of ketones is 1. The Bertz CT molecular complexity index is 1050. The van der Waals surface area contributed by atoms with E-state index in [9.17, 15) is 70.3 Å². The second kappa shape index (κ2) is 9.64. The highest BCUT2D eigenvalue weighted by atomic mass is 32.2. The minimum Gasteiger partial charge on any atom is -0.293 e. The van der Waals surface area contributed by atoms with E-state index in [1.807, 2.05) is 0 Å². The average Bonchev–Trinajstić information content (AvgIpc) is 2.71. The van der Waals surface area contributed by atoms with E-state index in [1.54, 1.807) is 6.92 Å². The minimum absolute atomic E-state index is 0.0461. The molecule has 0 aliphatic heterocycles. The van der Waals surface area contributed by atoms with Crippen molar-refractivity contribution in [2.75, 3.05) is 0 Å². The quantitative estimate of drug-likeness (QED) is 0.186. The van der Waals surface area contributed by atoms with Crippen molar-refractivity contribution < 1.29 is 74.8 Å². The number of rotatable bonds is 11. The van der Waals surface area contributed by atoms with Gasteiger partial charge in [0.15, 0.2) is 5.78 Å². The van der Waals surface area contributed by atoms with Gasteiger partial charge in [-0.05, 0) is 6.42 Å². The van der Waals surface area contributed by atoms with Crippen molar-refractivity contribution in [1.29, 1.82) is 0 Å². The van der Waals surface area contributed by atoms with Gasteiger partial charge in [0.05, 0.1) is 0 Å². The summed E-state index contributed by atoms with van der Waals surface area (Å²) in [5.74, 6) is -39.4. The fourth-order valence-electron chi connectivity index (χ4n) is 2.79. The first-order chi connectivity index (χ1) is 15.8. The van der Waals surface area contributed by atoms with Crippen LogP contribution in [0.4, 0.5) is 57.1 Å². The fraction of sp³-hybridized carbons (Fsp3) is 0.611. The van der Waals surface area contributed by atoms with Crippen molar-refractivity contribution in [3.05, 3.63) is 35.4 Å². The van der Waals surface area contributed by atoms with E-state index in [0.717, 1.165) is 0 Å². The molecule has 36 heavy (non-hydrogen) atoms. The predicted molar refractivity (Wildman–Crippen MR) is 95.4 cm³/mol. The lowest BCUT2D eigenvalue weighted by Gasteiger charge is -2.39. The van der Waals surface area contributed by atoms with Crippen LogP contribution in [0.1, 0.15) is 42.1 Å². The molecule has 0 radical (unpaired) electrons. The summed E-state index contributed by atoms with van der Waals surface area (Å²) >= 11 is 0. The SMILES string of the molecule is CCCCC(C(=O)c1ccc(C(F)(F)C(F)(F)C(F)(F)C(F)(F)C(F)(F)C(F)(F)F)cc1)S(=O)(=O)O. The number of hydrogen-bond acceptors (Lipinski definition) is 3. The Kier molecular flexibility index (Phi) is 8.55. The molecule has 4 nitrogen and oxygen atoms in total. The van der Waals surface area contributed by atoms with Crippen molar-refractivity contribution in [3.63, 3.8) is 0 Å². The summed E-state index contributed by atoms with van der Waals surface area (Å²) in [5, 5.41) is -2.15. The standard InChI is InChI=1S/C18H15F13O4S/c1-2-3-4-11(36(33,34)35)12(32)9-5-7-10(8-6-9)13(19,20)14(21,22)15(23,24)16(25,26)17(27,28)18(29,30)31/h5-8,11H,2-4H2,1H3,(H,33,34,35). The molecule has 0 saturated carbocycles. The molecule has 18 heteroatoms. The van der Waals surface area contributed by atoms with E-state index in [2.05, 4.69) is 0 Å². The largest absolute Gasteiger partial charge is 0.460 e. The summed E-state index contributed by atoms with van der Waals surface area (Å²) in [6, 6.07) is -0.241. The van der Waals surface area contributed by atoms with Crippen molar-refractivity contribution >= 4 is 15.9 Å². The molecule has 0 aliphatic rings. The van der Waals surface area contributed by atoms with Crippen LogP contribution in [-0.4, -0.2) is 53.9 Å². The van der Waals surface area contributed by atoms with Crippen molar-refractivity contribution in [1.82, 2.24) is 0 Å².